The molecule has 24 heavy (non-hydrogen) atoms. The van der Waals surface area contributed by atoms with Crippen LogP contribution in [0.2, 0.25) is 5.02 Å². The van der Waals surface area contributed by atoms with Gasteiger partial charge >= 0.3 is 0 Å². The fraction of sp³-hybridized carbons (Fsp3) is 0.375. The number of halogens is 3. The Kier molecular flexibility index (Phi) is 12.1. The maximum absolute atomic E-state index is 11.9. The third-order valence-corrected chi connectivity index (χ3v) is 4.30. The number of thiazole rings is 1. The van der Waals surface area contributed by atoms with Crippen LogP contribution in [0.4, 0.5) is 0 Å². The number of amides is 1. The van der Waals surface area contributed by atoms with Crippen molar-refractivity contribution in [3.05, 3.63) is 40.4 Å². The standard InChI is InChI=1S/C16H20ClN3OS.2ClH/c1-2-7-18-8-9-19-15(21)10-12-11-22-16(20-12)13-5-3-4-6-14(13)17;;/h3-6,11,18H,2,7-10H2,1H3,(H,19,21);2*1H. The van der Waals surface area contributed by atoms with E-state index < -0.39 is 0 Å². The van der Waals surface area contributed by atoms with E-state index in [0.717, 1.165) is 35.8 Å². The molecule has 0 saturated carbocycles. The molecule has 2 aromatic rings. The molecule has 1 heterocycles. The second-order valence-electron chi connectivity index (χ2n) is 4.90. The highest BCUT2D eigenvalue weighted by Crippen LogP contribution is 2.30. The number of hydrogen-bond acceptors (Lipinski definition) is 4. The molecule has 8 heteroatoms. The van der Waals surface area contributed by atoms with Crippen LogP contribution in [0.1, 0.15) is 19.0 Å². The van der Waals surface area contributed by atoms with Crippen LogP contribution in [-0.4, -0.2) is 30.5 Å². The van der Waals surface area contributed by atoms with E-state index in [4.69, 9.17) is 11.6 Å². The van der Waals surface area contributed by atoms with Crippen LogP contribution in [0, 0.1) is 0 Å². The van der Waals surface area contributed by atoms with Gasteiger partial charge in [-0.3, -0.25) is 4.79 Å². The fourth-order valence-corrected chi connectivity index (χ4v) is 3.11. The summed E-state index contributed by atoms with van der Waals surface area (Å²) in [4.78, 5) is 16.4. The number of rotatable bonds is 8. The van der Waals surface area contributed by atoms with Crippen molar-refractivity contribution < 1.29 is 4.79 Å². The first-order valence-corrected chi connectivity index (χ1v) is 8.63. The lowest BCUT2D eigenvalue weighted by molar-refractivity contribution is -0.120. The summed E-state index contributed by atoms with van der Waals surface area (Å²) in [5, 5.41) is 9.56. The molecule has 4 nitrogen and oxygen atoms in total. The number of carbonyl (C=O) groups is 1. The quantitative estimate of drug-likeness (QED) is 0.648. The minimum atomic E-state index is -0.00527. The van der Waals surface area contributed by atoms with Crippen LogP contribution in [0.3, 0.4) is 0 Å². The van der Waals surface area contributed by atoms with Gasteiger partial charge in [0.1, 0.15) is 5.01 Å². The monoisotopic (exact) mass is 409 g/mol. The van der Waals surface area contributed by atoms with Gasteiger partial charge in [0.25, 0.3) is 0 Å². The summed E-state index contributed by atoms with van der Waals surface area (Å²) in [5.74, 6) is -0.00527. The van der Waals surface area contributed by atoms with Crippen LogP contribution in [0.15, 0.2) is 29.6 Å². The second-order valence-corrected chi connectivity index (χ2v) is 6.17. The molecule has 0 saturated heterocycles. The van der Waals surface area contributed by atoms with Crippen LogP contribution in [-0.2, 0) is 11.2 Å². The third kappa shape index (κ3) is 7.36. The van der Waals surface area contributed by atoms with Crippen LogP contribution >= 0.6 is 47.8 Å². The molecule has 0 aliphatic rings. The summed E-state index contributed by atoms with van der Waals surface area (Å²) in [5.41, 5.74) is 1.68. The van der Waals surface area contributed by atoms with Gasteiger partial charge in [-0.25, -0.2) is 4.98 Å². The molecule has 2 rings (SSSR count). The Morgan fingerprint density at radius 3 is 2.67 bits per heavy atom. The first kappa shape index (κ1) is 23.2. The molecule has 2 N–H and O–H groups in total. The second kappa shape index (κ2) is 12.5. The Hall–Kier alpha value is -0.850. The number of benzene rings is 1. The van der Waals surface area contributed by atoms with Gasteiger partial charge in [-0.1, -0.05) is 36.7 Å². The summed E-state index contributed by atoms with van der Waals surface area (Å²) in [6, 6.07) is 7.59. The maximum atomic E-state index is 11.9. The Morgan fingerprint density at radius 1 is 1.21 bits per heavy atom. The van der Waals surface area contributed by atoms with E-state index in [0.29, 0.717) is 18.0 Å². The molecular formula is C16H22Cl3N3OS. The van der Waals surface area contributed by atoms with E-state index in [-0.39, 0.29) is 30.7 Å². The number of aromatic nitrogens is 1. The van der Waals surface area contributed by atoms with Crippen LogP contribution in [0.25, 0.3) is 10.6 Å². The van der Waals surface area contributed by atoms with Gasteiger partial charge in [0.15, 0.2) is 0 Å². The van der Waals surface area contributed by atoms with E-state index in [1.165, 1.54) is 11.3 Å². The first-order chi connectivity index (χ1) is 10.7. The highest BCUT2D eigenvalue weighted by molar-refractivity contribution is 7.13. The van der Waals surface area contributed by atoms with Gasteiger partial charge in [0, 0.05) is 24.0 Å². The van der Waals surface area contributed by atoms with Crippen molar-refractivity contribution in [2.45, 2.75) is 19.8 Å². The zero-order chi connectivity index (χ0) is 15.8. The molecular weight excluding hydrogens is 389 g/mol. The van der Waals surface area contributed by atoms with Crippen LogP contribution < -0.4 is 10.6 Å². The van der Waals surface area contributed by atoms with Crippen molar-refractivity contribution in [3.63, 3.8) is 0 Å². The van der Waals surface area contributed by atoms with Crippen molar-refractivity contribution in [1.82, 2.24) is 15.6 Å². The number of hydrogen-bond donors (Lipinski definition) is 2. The normalized spacial score (nSPS) is 9.75. The lowest BCUT2D eigenvalue weighted by atomic mass is 10.2. The van der Waals surface area contributed by atoms with Gasteiger partial charge in [0.2, 0.25) is 5.91 Å². The lowest BCUT2D eigenvalue weighted by Crippen LogP contribution is -2.33. The van der Waals surface area contributed by atoms with Crippen LogP contribution in [0.5, 0.6) is 0 Å². The van der Waals surface area contributed by atoms with Gasteiger partial charge in [-0.15, -0.1) is 36.2 Å². The molecule has 0 aliphatic carbocycles. The van der Waals surface area contributed by atoms with Crippen molar-refractivity contribution in [2.24, 2.45) is 0 Å². The van der Waals surface area contributed by atoms with Crippen molar-refractivity contribution in [3.8, 4) is 10.6 Å². The predicted octanol–water partition coefficient (Wildman–Crippen LogP) is 3.97. The van der Waals surface area contributed by atoms with Gasteiger partial charge < -0.3 is 10.6 Å². The third-order valence-electron chi connectivity index (χ3n) is 3.05. The average molecular weight is 411 g/mol. The zero-order valence-corrected chi connectivity index (χ0v) is 16.6. The molecule has 134 valence electrons. The smallest absolute Gasteiger partial charge is 0.226 e. The largest absolute Gasteiger partial charge is 0.354 e. The van der Waals surface area contributed by atoms with Crippen molar-refractivity contribution in [2.75, 3.05) is 19.6 Å². The summed E-state index contributed by atoms with van der Waals surface area (Å²) >= 11 is 7.67. The Bertz CT molecular complexity index is 622. The minimum Gasteiger partial charge on any atom is -0.354 e. The highest BCUT2D eigenvalue weighted by Gasteiger charge is 2.10. The van der Waals surface area contributed by atoms with Gasteiger partial charge in [-0.2, -0.15) is 0 Å². The zero-order valence-electron chi connectivity index (χ0n) is 13.4. The Morgan fingerprint density at radius 2 is 1.96 bits per heavy atom. The molecule has 0 aliphatic heterocycles. The SMILES string of the molecule is CCCNCCNC(=O)Cc1csc(-c2ccccc2Cl)n1.Cl.Cl. The van der Waals surface area contributed by atoms with Crippen molar-refractivity contribution in [1.29, 1.82) is 0 Å². The summed E-state index contributed by atoms with van der Waals surface area (Å²) < 4.78 is 0. The molecule has 0 unspecified atom stereocenters. The van der Waals surface area contributed by atoms with Crippen molar-refractivity contribution >= 4 is 53.7 Å². The number of nitrogens with one attached hydrogen (secondary N) is 2. The number of carbonyl (C=O) groups excluding carboxylic acids is 1. The highest BCUT2D eigenvalue weighted by atomic mass is 35.5. The van der Waals surface area contributed by atoms with E-state index in [9.17, 15) is 4.79 Å². The average Bonchev–Trinajstić information content (AvgIpc) is 2.95. The Balaban J connectivity index is 0.00000264. The molecule has 0 radical (unpaired) electrons. The predicted molar refractivity (Wildman–Crippen MR) is 107 cm³/mol. The summed E-state index contributed by atoms with van der Waals surface area (Å²) in [6.07, 6.45) is 1.40. The molecule has 0 spiro atoms. The van der Waals surface area contributed by atoms with E-state index in [2.05, 4.69) is 22.5 Å². The molecule has 1 amide bonds. The van der Waals surface area contributed by atoms with E-state index in [1.54, 1.807) is 0 Å². The summed E-state index contributed by atoms with van der Waals surface area (Å²) in [6.45, 7) is 4.52. The molecule has 1 aromatic carbocycles. The lowest BCUT2D eigenvalue weighted by Gasteiger charge is -2.05. The van der Waals surface area contributed by atoms with Gasteiger partial charge in [0.05, 0.1) is 17.1 Å². The maximum Gasteiger partial charge on any atom is 0.226 e. The minimum absolute atomic E-state index is 0. The fourth-order valence-electron chi connectivity index (χ4n) is 1.97. The first-order valence-electron chi connectivity index (χ1n) is 7.37. The topological polar surface area (TPSA) is 54.0 Å². The molecule has 0 bridgehead atoms. The molecule has 0 atom stereocenters. The Labute approximate surface area is 164 Å². The number of nitrogens with zero attached hydrogens (tertiary/aromatic N) is 1. The van der Waals surface area contributed by atoms with E-state index in [1.807, 2.05) is 29.6 Å². The molecule has 0 fully saturated rings. The summed E-state index contributed by atoms with van der Waals surface area (Å²) in [7, 11) is 0. The molecule has 1 aromatic heterocycles. The van der Waals surface area contributed by atoms with E-state index >= 15 is 0 Å². The van der Waals surface area contributed by atoms with Gasteiger partial charge in [-0.05, 0) is 19.0 Å².